The zero-order valence-electron chi connectivity index (χ0n) is 18.4. The van der Waals surface area contributed by atoms with Crippen molar-refractivity contribution >= 4 is 27.3 Å². The Bertz CT molecular complexity index is 1020. The van der Waals surface area contributed by atoms with Gasteiger partial charge in [-0.1, -0.05) is 18.2 Å². The van der Waals surface area contributed by atoms with E-state index in [0.717, 1.165) is 9.99 Å². The molecule has 168 valence electrons. The maximum atomic E-state index is 13.4. The highest BCUT2D eigenvalue weighted by atomic mass is 32.2. The third kappa shape index (κ3) is 4.71. The Balaban J connectivity index is 1.91. The Labute approximate surface area is 184 Å². The minimum Gasteiger partial charge on any atom is -0.493 e. The van der Waals surface area contributed by atoms with Crippen LogP contribution in [-0.2, 0) is 10.0 Å². The third-order valence-electron chi connectivity index (χ3n) is 5.54. The number of carbonyl (C=O) groups is 1. The van der Waals surface area contributed by atoms with Crippen molar-refractivity contribution < 1.29 is 22.7 Å². The van der Waals surface area contributed by atoms with Gasteiger partial charge in [0.1, 0.15) is 0 Å². The molecular weight excluding hydrogens is 418 g/mol. The van der Waals surface area contributed by atoms with E-state index >= 15 is 0 Å². The van der Waals surface area contributed by atoms with E-state index in [0.29, 0.717) is 37.7 Å². The largest absolute Gasteiger partial charge is 0.493 e. The fourth-order valence-electron chi connectivity index (χ4n) is 3.62. The van der Waals surface area contributed by atoms with Crippen molar-refractivity contribution in [2.75, 3.05) is 62.4 Å². The number of methoxy groups -OCH3 is 2. The number of amides is 1. The second-order valence-electron chi connectivity index (χ2n) is 7.21. The molecule has 0 aliphatic carbocycles. The van der Waals surface area contributed by atoms with Crippen LogP contribution < -0.4 is 18.7 Å². The van der Waals surface area contributed by atoms with E-state index in [4.69, 9.17) is 9.47 Å². The van der Waals surface area contributed by atoms with Gasteiger partial charge in [0.25, 0.3) is 5.91 Å². The molecule has 0 spiro atoms. The minimum absolute atomic E-state index is 0.0821. The zero-order valence-corrected chi connectivity index (χ0v) is 19.2. The molecule has 0 saturated carbocycles. The average Bonchev–Trinajstić information content (AvgIpc) is 2.82. The Kier molecular flexibility index (Phi) is 6.94. The number of carbonyl (C=O) groups excluding carboxylic acids is 1. The van der Waals surface area contributed by atoms with E-state index in [2.05, 4.69) is 17.0 Å². The number of nitrogens with zero attached hydrogens (tertiary/aromatic N) is 3. The van der Waals surface area contributed by atoms with Gasteiger partial charge in [0, 0.05) is 45.0 Å². The molecule has 1 aliphatic heterocycles. The van der Waals surface area contributed by atoms with Crippen LogP contribution in [-0.4, -0.2) is 72.4 Å². The summed E-state index contributed by atoms with van der Waals surface area (Å²) in [6, 6.07) is 13.2. The van der Waals surface area contributed by atoms with Crippen LogP contribution in [0.3, 0.4) is 0 Å². The molecule has 1 amide bonds. The quantitative estimate of drug-likeness (QED) is 0.649. The third-order valence-corrected chi connectivity index (χ3v) is 7.30. The predicted octanol–water partition coefficient (Wildman–Crippen LogP) is 2.45. The van der Waals surface area contributed by atoms with Crippen LogP contribution >= 0.6 is 0 Å². The number of hydrogen-bond acceptors (Lipinski definition) is 6. The van der Waals surface area contributed by atoms with Crippen molar-refractivity contribution in [2.24, 2.45) is 0 Å². The number of ether oxygens (including phenoxy) is 2. The van der Waals surface area contributed by atoms with Gasteiger partial charge in [0.15, 0.2) is 11.5 Å². The van der Waals surface area contributed by atoms with Crippen LogP contribution in [0.4, 0.5) is 11.4 Å². The zero-order chi connectivity index (χ0) is 22.6. The lowest BCUT2D eigenvalue weighted by atomic mass is 10.1. The molecule has 2 aromatic carbocycles. The maximum Gasteiger partial charge on any atom is 0.256 e. The molecule has 1 fully saturated rings. The summed E-state index contributed by atoms with van der Waals surface area (Å²) in [5, 5.41) is 0. The second-order valence-corrected chi connectivity index (χ2v) is 9.50. The van der Waals surface area contributed by atoms with E-state index in [9.17, 15) is 13.2 Å². The fraction of sp³-hybridized carbons (Fsp3) is 0.409. The van der Waals surface area contributed by atoms with E-state index in [1.807, 2.05) is 18.2 Å². The molecule has 1 saturated heterocycles. The van der Waals surface area contributed by atoms with E-state index in [-0.39, 0.29) is 22.9 Å². The highest BCUT2D eigenvalue weighted by Crippen LogP contribution is 2.36. The van der Waals surface area contributed by atoms with Crippen molar-refractivity contribution in [2.45, 2.75) is 6.92 Å². The van der Waals surface area contributed by atoms with Crippen LogP contribution in [0, 0.1) is 0 Å². The molecule has 0 atom stereocenters. The molecular formula is C22H29N3O5S. The number of para-hydroxylation sites is 1. The highest BCUT2D eigenvalue weighted by Gasteiger charge is 2.29. The second kappa shape index (κ2) is 9.47. The molecule has 2 aromatic rings. The topological polar surface area (TPSA) is 79.4 Å². The standard InChI is InChI=1S/C22H29N3O5S/c1-5-31(27,28)23(2)19-16-21(30-4)20(29-3)15-18(19)22(26)25-13-11-24(12-14-25)17-9-7-6-8-10-17/h6-10,15-16H,5,11-14H2,1-4H3. The lowest BCUT2D eigenvalue weighted by molar-refractivity contribution is 0.0747. The SMILES string of the molecule is CCS(=O)(=O)N(C)c1cc(OC)c(OC)cc1C(=O)N1CCN(c2ccccc2)CC1. The summed E-state index contributed by atoms with van der Waals surface area (Å²) in [4.78, 5) is 17.4. The van der Waals surface area contributed by atoms with Crippen molar-refractivity contribution in [1.82, 2.24) is 4.90 Å². The van der Waals surface area contributed by atoms with Gasteiger partial charge in [-0.3, -0.25) is 9.10 Å². The van der Waals surface area contributed by atoms with Crippen molar-refractivity contribution in [3.8, 4) is 11.5 Å². The lowest BCUT2D eigenvalue weighted by Gasteiger charge is -2.36. The summed E-state index contributed by atoms with van der Waals surface area (Å²) < 4.78 is 36.9. The van der Waals surface area contributed by atoms with Crippen LogP contribution in [0.1, 0.15) is 17.3 Å². The van der Waals surface area contributed by atoms with Crippen molar-refractivity contribution in [3.05, 3.63) is 48.0 Å². The van der Waals surface area contributed by atoms with Gasteiger partial charge in [-0.25, -0.2) is 8.42 Å². The molecule has 1 aliphatic rings. The van der Waals surface area contributed by atoms with Crippen molar-refractivity contribution in [1.29, 1.82) is 0 Å². The van der Waals surface area contributed by atoms with Crippen LogP contribution in [0.25, 0.3) is 0 Å². The van der Waals surface area contributed by atoms with E-state index in [1.165, 1.54) is 21.3 Å². The molecule has 8 nitrogen and oxygen atoms in total. The van der Waals surface area contributed by atoms with Gasteiger partial charge in [0.05, 0.1) is 31.2 Å². The molecule has 1 heterocycles. The van der Waals surface area contributed by atoms with Gasteiger partial charge in [0.2, 0.25) is 10.0 Å². The number of piperazine rings is 1. The molecule has 0 aromatic heterocycles. The Morgan fingerprint density at radius 3 is 2.13 bits per heavy atom. The predicted molar refractivity (Wildman–Crippen MR) is 122 cm³/mol. The average molecular weight is 448 g/mol. The summed E-state index contributed by atoms with van der Waals surface area (Å²) in [7, 11) is 0.835. The molecule has 31 heavy (non-hydrogen) atoms. The molecule has 9 heteroatoms. The van der Waals surface area contributed by atoms with Crippen molar-refractivity contribution in [3.63, 3.8) is 0 Å². The van der Waals surface area contributed by atoms with Gasteiger partial charge in [-0.15, -0.1) is 0 Å². The number of benzene rings is 2. The number of hydrogen-bond donors (Lipinski definition) is 0. The van der Waals surface area contributed by atoms with Gasteiger partial charge in [-0.2, -0.15) is 0 Å². The molecule has 0 unspecified atom stereocenters. The maximum absolute atomic E-state index is 13.4. The summed E-state index contributed by atoms with van der Waals surface area (Å²) >= 11 is 0. The first-order valence-electron chi connectivity index (χ1n) is 10.1. The first-order valence-corrected chi connectivity index (χ1v) is 11.7. The smallest absolute Gasteiger partial charge is 0.256 e. The molecule has 0 bridgehead atoms. The summed E-state index contributed by atoms with van der Waals surface area (Å²) in [5.41, 5.74) is 1.66. The molecule has 0 radical (unpaired) electrons. The minimum atomic E-state index is -3.57. The van der Waals surface area contributed by atoms with Gasteiger partial charge >= 0.3 is 0 Å². The summed E-state index contributed by atoms with van der Waals surface area (Å²) in [6.45, 7) is 4.03. The lowest BCUT2D eigenvalue weighted by Crippen LogP contribution is -2.49. The number of rotatable bonds is 7. The van der Waals surface area contributed by atoms with Gasteiger partial charge in [-0.05, 0) is 25.1 Å². The summed E-state index contributed by atoms with van der Waals surface area (Å²) in [6.07, 6.45) is 0. The number of sulfonamides is 1. The first kappa shape index (κ1) is 22.7. The van der Waals surface area contributed by atoms with E-state index in [1.54, 1.807) is 24.0 Å². The van der Waals surface area contributed by atoms with Crippen LogP contribution in [0.5, 0.6) is 11.5 Å². The number of anilines is 2. The highest BCUT2D eigenvalue weighted by molar-refractivity contribution is 7.92. The summed E-state index contributed by atoms with van der Waals surface area (Å²) in [5.74, 6) is 0.420. The monoisotopic (exact) mass is 447 g/mol. The van der Waals surface area contributed by atoms with Crippen LogP contribution in [0.15, 0.2) is 42.5 Å². The first-order chi connectivity index (χ1) is 14.8. The molecule has 3 rings (SSSR count). The Hall–Kier alpha value is -2.94. The normalized spacial score (nSPS) is 14.3. The van der Waals surface area contributed by atoms with Gasteiger partial charge < -0.3 is 19.3 Å². The molecule has 0 N–H and O–H groups in total. The fourth-order valence-corrected chi connectivity index (χ4v) is 4.46. The Morgan fingerprint density at radius 1 is 1.00 bits per heavy atom. The van der Waals surface area contributed by atoms with Crippen LogP contribution in [0.2, 0.25) is 0 Å². The van der Waals surface area contributed by atoms with E-state index < -0.39 is 10.0 Å². The Morgan fingerprint density at radius 2 is 1.58 bits per heavy atom.